The highest BCUT2D eigenvalue weighted by Crippen LogP contribution is 2.43. The molecule has 0 saturated heterocycles. The van der Waals surface area contributed by atoms with Crippen molar-refractivity contribution in [2.75, 3.05) is 24.0 Å². The van der Waals surface area contributed by atoms with Crippen LogP contribution < -0.4 is 19.3 Å². The fraction of sp³-hybridized carbons (Fsp3) is 0.176. The Hall–Kier alpha value is -4.84. The van der Waals surface area contributed by atoms with Crippen LogP contribution in [0.1, 0.15) is 40.9 Å². The third-order valence-electron chi connectivity index (χ3n) is 7.23. The molecule has 1 aliphatic heterocycles. The molecule has 0 unspecified atom stereocenters. The molecule has 1 aliphatic rings. The zero-order chi connectivity index (χ0) is 28.1. The van der Waals surface area contributed by atoms with Gasteiger partial charge in [-0.1, -0.05) is 48.5 Å². The van der Waals surface area contributed by atoms with Crippen LogP contribution in [0.4, 0.5) is 11.4 Å². The van der Waals surface area contributed by atoms with E-state index >= 15 is 0 Å². The number of carbonyl (C=O) groups is 2. The summed E-state index contributed by atoms with van der Waals surface area (Å²) in [6.07, 6.45) is 4.00. The summed E-state index contributed by atoms with van der Waals surface area (Å²) in [6, 6.07) is 31.8. The molecule has 202 valence electrons. The Balaban J connectivity index is 1.51. The first-order chi connectivity index (χ1) is 19.5. The van der Waals surface area contributed by atoms with E-state index in [9.17, 15) is 9.59 Å². The number of amides is 2. The summed E-state index contributed by atoms with van der Waals surface area (Å²) < 4.78 is 10.5. The van der Waals surface area contributed by atoms with Gasteiger partial charge >= 0.3 is 0 Å². The first-order valence-electron chi connectivity index (χ1n) is 13.3. The van der Waals surface area contributed by atoms with Crippen molar-refractivity contribution in [1.29, 1.82) is 0 Å². The Morgan fingerprint density at radius 3 is 2.05 bits per heavy atom. The molecule has 6 heteroatoms. The van der Waals surface area contributed by atoms with Gasteiger partial charge in [-0.25, -0.2) is 0 Å². The van der Waals surface area contributed by atoms with Gasteiger partial charge in [0.25, 0.3) is 11.8 Å². The van der Waals surface area contributed by atoms with Crippen LogP contribution in [0.5, 0.6) is 11.5 Å². The zero-order valence-electron chi connectivity index (χ0n) is 22.9. The number of anilines is 2. The smallest absolute Gasteiger partial charge is 0.258 e. The summed E-state index contributed by atoms with van der Waals surface area (Å²) in [6.45, 7) is 2.03. The molecule has 2 atom stereocenters. The number of benzene rings is 4. The van der Waals surface area contributed by atoms with Crippen LogP contribution >= 0.6 is 0 Å². The molecule has 1 heterocycles. The molecule has 0 saturated carbocycles. The number of rotatable bonds is 7. The van der Waals surface area contributed by atoms with Crippen molar-refractivity contribution < 1.29 is 19.1 Å². The Kier molecular flexibility index (Phi) is 7.97. The summed E-state index contributed by atoms with van der Waals surface area (Å²) in [5, 5.41) is 0. The molecule has 0 aliphatic carbocycles. The maximum Gasteiger partial charge on any atom is 0.258 e. The van der Waals surface area contributed by atoms with Crippen molar-refractivity contribution in [2.24, 2.45) is 0 Å². The van der Waals surface area contributed by atoms with E-state index < -0.39 is 0 Å². The van der Waals surface area contributed by atoms with E-state index in [4.69, 9.17) is 9.47 Å². The molecule has 4 aromatic rings. The van der Waals surface area contributed by atoms with Gasteiger partial charge in [0.2, 0.25) is 0 Å². The predicted molar refractivity (Wildman–Crippen MR) is 159 cm³/mol. The van der Waals surface area contributed by atoms with Gasteiger partial charge in [0.15, 0.2) is 0 Å². The minimum atomic E-state index is -0.262. The quantitative estimate of drug-likeness (QED) is 0.242. The lowest BCUT2D eigenvalue weighted by Crippen LogP contribution is -2.47. The van der Waals surface area contributed by atoms with E-state index in [1.165, 1.54) is 0 Å². The van der Waals surface area contributed by atoms with Crippen molar-refractivity contribution in [2.45, 2.75) is 25.4 Å². The van der Waals surface area contributed by atoms with Gasteiger partial charge in [-0.05, 0) is 85.1 Å². The first kappa shape index (κ1) is 26.8. The molecular formula is C34H32N2O4. The highest BCUT2D eigenvalue weighted by molar-refractivity contribution is 6.08. The van der Waals surface area contributed by atoms with Crippen LogP contribution in [0.15, 0.2) is 109 Å². The van der Waals surface area contributed by atoms with Crippen LogP contribution in [-0.4, -0.2) is 32.1 Å². The normalized spacial score (nSPS) is 16.3. The Labute approximate surface area is 235 Å². The topological polar surface area (TPSA) is 59.1 Å². The van der Waals surface area contributed by atoms with E-state index in [1.807, 2.05) is 102 Å². The van der Waals surface area contributed by atoms with Gasteiger partial charge in [-0.15, -0.1) is 0 Å². The van der Waals surface area contributed by atoms with Crippen molar-refractivity contribution in [3.8, 4) is 11.5 Å². The van der Waals surface area contributed by atoms with Gasteiger partial charge in [0, 0.05) is 29.1 Å². The van der Waals surface area contributed by atoms with Gasteiger partial charge in [0.1, 0.15) is 11.5 Å². The fourth-order valence-electron chi connectivity index (χ4n) is 5.22. The minimum absolute atomic E-state index is 0.0851. The highest BCUT2D eigenvalue weighted by Gasteiger charge is 2.38. The molecule has 0 aromatic heterocycles. The Morgan fingerprint density at radius 1 is 0.800 bits per heavy atom. The molecule has 6 nitrogen and oxygen atoms in total. The predicted octanol–water partition coefficient (Wildman–Crippen LogP) is 6.93. The molecule has 40 heavy (non-hydrogen) atoms. The van der Waals surface area contributed by atoms with Gasteiger partial charge < -0.3 is 19.3 Å². The van der Waals surface area contributed by atoms with Crippen LogP contribution in [0.3, 0.4) is 0 Å². The molecule has 0 bridgehead atoms. The van der Waals surface area contributed by atoms with Crippen molar-refractivity contribution in [3.63, 3.8) is 0 Å². The lowest BCUT2D eigenvalue weighted by molar-refractivity contribution is -0.114. The standard InChI is InChI=1S/C34H32N2O4/c1-24-23-32(30-11-7-8-12-31(30)35(24)34(38)26-16-20-29(40-3)21-17-26)36(27-9-5-4-6-10-27)33(37)22-15-25-13-18-28(39-2)19-14-25/h4-22,24,32H,23H2,1-3H3/b22-15+/t24-,32+/m1/s1. The van der Waals surface area contributed by atoms with E-state index in [0.29, 0.717) is 17.7 Å². The molecule has 0 fully saturated rings. The Bertz CT molecular complexity index is 1500. The molecular weight excluding hydrogens is 500 g/mol. The van der Waals surface area contributed by atoms with Crippen molar-refractivity contribution >= 4 is 29.3 Å². The third-order valence-corrected chi connectivity index (χ3v) is 7.23. The second-order valence-corrected chi connectivity index (χ2v) is 9.71. The molecule has 5 rings (SSSR count). The lowest BCUT2D eigenvalue weighted by Gasteiger charge is -2.43. The van der Waals surface area contributed by atoms with Crippen molar-refractivity contribution in [3.05, 3.63) is 126 Å². The summed E-state index contributed by atoms with van der Waals surface area (Å²) in [4.78, 5) is 31.3. The number of hydrogen-bond donors (Lipinski definition) is 0. The number of carbonyl (C=O) groups excluding carboxylic acids is 2. The summed E-state index contributed by atoms with van der Waals surface area (Å²) in [7, 11) is 3.23. The molecule has 0 spiro atoms. The average Bonchev–Trinajstić information content (AvgIpc) is 3.00. The van der Waals surface area contributed by atoms with E-state index in [1.54, 1.807) is 44.6 Å². The minimum Gasteiger partial charge on any atom is -0.497 e. The number of ether oxygens (including phenoxy) is 2. The van der Waals surface area contributed by atoms with Crippen LogP contribution in [0.2, 0.25) is 0 Å². The number of nitrogens with zero attached hydrogens (tertiary/aromatic N) is 2. The second-order valence-electron chi connectivity index (χ2n) is 9.71. The van der Waals surface area contributed by atoms with E-state index in [-0.39, 0.29) is 23.9 Å². The zero-order valence-corrected chi connectivity index (χ0v) is 22.9. The number of methoxy groups -OCH3 is 2. The molecule has 4 aromatic carbocycles. The van der Waals surface area contributed by atoms with E-state index in [2.05, 4.69) is 0 Å². The maximum atomic E-state index is 13.9. The van der Waals surface area contributed by atoms with Crippen LogP contribution in [0, 0.1) is 0 Å². The average molecular weight is 533 g/mol. The summed E-state index contributed by atoms with van der Waals surface area (Å²) in [5.41, 5.74) is 4.02. The number of fused-ring (bicyclic) bond motifs is 1. The Morgan fingerprint density at radius 2 is 1.40 bits per heavy atom. The number of hydrogen-bond acceptors (Lipinski definition) is 4. The third kappa shape index (κ3) is 5.47. The second kappa shape index (κ2) is 11.9. The van der Waals surface area contributed by atoms with Crippen molar-refractivity contribution in [1.82, 2.24) is 0 Å². The van der Waals surface area contributed by atoms with Crippen LogP contribution in [0.25, 0.3) is 6.08 Å². The lowest BCUT2D eigenvalue weighted by atomic mass is 9.89. The fourth-order valence-corrected chi connectivity index (χ4v) is 5.22. The summed E-state index contributed by atoms with van der Waals surface area (Å²) in [5.74, 6) is 1.24. The van der Waals surface area contributed by atoms with Gasteiger partial charge in [-0.3, -0.25) is 9.59 Å². The first-order valence-corrected chi connectivity index (χ1v) is 13.3. The number of para-hydroxylation sites is 2. The molecule has 0 radical (unpaired) electrons. The van der Waals surface area contributed by atoms with Gasteiger partial charge in [-0.2, -0.15) is 0 Å². The monoisotopic (exact) mass is 532 g/mol. The maximum absolute atomic E-state index is 13.9. The van der Waals surface area contributed by atoms with Gasteiger partial charge in [0.05, 0.1) is 20.3 Å². The SMILES string of the molecule is COc1ccc(/C=C/C(=O)N(c2ccccc2)[C@H]2C[C@@H](C)N(C(=O)c3ccc(OC)cc3)c3ccccc32)cc1. The van der Waals surface area contributed by atoms with E-state index in [0.717, 1.165) is 28.3 Å². The van der Waals surface area contributed by atoms with Crippen LogP contribution in [-0.2, 0) is 4.79 Å². The molecule has 0 N–H and O–H groups in total. The highest BCUT2D eigenvalue weighted by atomic mass is 16.5. The largest absolute Gasteiger partial charge is 0.497 e. The summed E-state index contributed by atoms with van der Waals surface area (Å²) >= 11 is 0. The molecule has 2 amide bonds.